The molecule has 0 fully saturated rings. The standard InChI is InChI=1S/C18H28N2O3/c1-5-12-20(13-11-17(21)23-6-2)18(22)19-16-9-7-15(8-10-16)14(3)4/h7-10,14H,5-6,11-13H2,1-4H3,(H,19,22). The van der Waals surface area contributed by atoms with Gasteiger partial charge in [0, 0.05) is 18.8 Å². The van der Waals surface area contributed by atoms with Gasteiger partial charge >= 0.3 is 12.0 Å². The molecule has 1 rings (SSSR count). The molecule has 0 unspecified atom stereocenters. The zero-order valence-corrected chi connectivity index (χ0v) is 14.6. The molecule has 1 aromatic carbocycles. The second-order valence-corrected chi connectivity index (χ2v) is 5.75. The summed E-state index contributed by atoms with van der Waals surface area (Å²) < 4.78 is 4.91. The number of anilines is 1. The highest BCUT2D eigenvalue weighted by molar-refractivity contribution is 5.89. The van der Waals surface area contributed by atoms with Crippen LogP contribution in [-0.4, -0.2) is 36.6 Å². The summed E-state index contributed by atoms with van der Waals surface area (Å²) in [5.41, 5.74) is 1.99. The molecular weight excluding hydrogens is 292 g/mol. The molecule has 5 heteroatoms. The van der Waals surface area contributed by atoms with Gasteiger partial charge in [-0.05, 0) is 37.0 Å². The van der Waals surface area contributed by atoms with Crippen molar-refractivity contribution in [3.8, 4) is 0 Å². The van der Waals surface area contributed by atoms with Crippen LogP contribution in [0.1, 0.15) is 52.0 Å². The van der Waals surface area contributed by atoms with Crippen LogP contribution in [0.25, 0.3) is 0 Å². The van der Waals surface area contributed by atoms with Crippen molar-refractivity contribution in [1.29, 1.82) is 0 Å². The molecule has 0 aliphatic rings. The lowest BCUT2D eigenvalue weighted by Gasteiger charge is -2.22. The molecule has 0 aliphatic carbocycles. The van der Waals surface area contributed by atoms with Crippen LogP contribution in [0.3, 0.4) is 0 Å². The molecule has 0 aromatic heterocycles. The number of rotatable bonds is 8. The lowest BCUT2D eigenvalue weighted by Crippen LogP contribution is -2.37. The number of esters is 1. The fourth-order valence-electron chi connectivity index (χ4n) is 2.20. The highest BCUT2D eigenvalue weighted by Gasteiger charge is 2.15. The topological polar surface area (TPSA) is 58.6 Å². The highest BCUT2D eigenvalue weighted by Crippen LogP contribution is 2.17. The predicted octanol–water partition coefficient (Wildman–Crippen LogP) is 4.01. The minimum atomic E-state index is -0.275. The van der Waals surface area contributed by atoms with Crippen LogP contribution in [0.4, 0.5) is 10.5 Å². The van der Waals surface area contributed by atoms with Crippen LogP contribution in [0.5, 0.6) is 0 Å². The van der Waals surface area contributed by atoms with Gasteiger partial charge in [-0.3, -0.25) is 4.79 Å². The van der Waals surface area contributed by atoms with E-state index in [1.165, 1.54) is 5.56 Å². The van der Waals surface area contributed by atoms with Crippen molar-refractivity contribution in [2.45, 2.75) is 46.5 Å². The van der Waals surface area contributed by atoms with Crippen LogP contribution >= 0.6 is 0 Å². The zero-order valence-electron chi connectivity index (χ0n) is 14.6. The fraction of sp³-hybridized carbons (Fsp3) is 0.556. The number of nitrogens with one attached hydrogen (secondary N) is 1. The first-order chi connectivity index (χ1) is 11.0. The Balaban J connectivity index is 2.60. The van der Waals surface area contributed by atoms with Crippen molar-refractivity contribution in [1.82, 2.24) is 4.90 Å². The highest BCUT2D eigenvalue weighted by atomic mass is 16.5. The molecule has 0 bridgehead atoms. The average Bonchev–Trinajstić information content (AvgIpc) is 2.52. The van der Waals surface area contributed by atoms with Gasteiger partial charge in [0.15, 0.2) is 0 Å². The first-order valence-electron chi connectivity index (χ1n) is 8.29. The summed E-state index contributed by atoms with van der Waals surface area (Å²) in [4.78, 5) is 25.5. The summed E-state index contributed by atoms with van der Waals surface area (Å²) in [6, 6.07) is 7.66. The number of nitrogens with zero attached hydrogens (tertiary/aromatic N) is 1. The Labute approximate surface area is 139 Å². The number of ether oxygens (including phenoxy) is 1. The van der Waals surface area contributed by atoms with Crippen LogP contribution in [0.15, 0.2) is 24.3 Å². The summed E-state index contributed by atoms with van der Waals surface area (Å²) in [7, 11) is 0. The number of amides is 2. The zero-order chi connectivity index (χ0) is 17.2. The predicted molar refractivity (Wildman–Crippen MR) is 92.7 cm³/mol. The van der Waals surface area contributed by atoms with E-state index in [-0.39, 0.29) is 18.4 Å². The number of carbonyl (C=O) groups excluding carboxylic acids is 2. The Bertz CT molecular complexity index is 497. The van der Waals surface area contributed by atoms with E-state index < -0.39 is 0 Å². The van der Waals surface area contributed by atoms with E-state index >= 15 is 0 Å². The molecule has 1 N–H and O–H groups in total. The van der Waals surface area contributed by atoms with Crippen molar-refractivity contribution < 1.29 is 14.3 Å². The second kappa shape index (κ2) is 9.87. The van der Waals surface area contributed by atoms with Gasteiger partial charge in [0.05, 0.1) is 13.0 Å². The second-order valence-electron chi connectivity index (χ2n) is 5.75. The molecule has 0 atom stereocenters. The molecule has 5 nitrogen and oxygen atoms in total. The molecule has 128 valence electrons. The van der Waals surface area contributed by atoms with Crippen LogP contribution < -0.4 is 5.32 Å². The normalized spacial score (nSPS) is 10.5. The molecule has 0 saturated heterocycles. The van der Waals surface area contributed by atoms with E-state index in [0.717, 1.165) is 12.1 Å². The monoisotopic (exact) mass is 320 g/mol. The van der Waals surface area contributed by atoms with E-state index in [0.29, 0.717) is 25.6 Å². The summed E-state index contributed by atoms with van der Waals surface area (Å²) in [6.07, 6.45) is 1.05. The molecule has 0 heterocycles. The van der Waals surface area contributed by atoms with Gasteiger partial charge in [0.1, 0.15) is 0 Å². The van der Waals surface area contributed by atoms with Gasteiger partial charge in [-0.15, -0.1) is 0 Å². The number of benzene rings is 1. The summed E-state index contributed by atoms with van der Waals surface area (Å²) >= 11 is 0. The summed E-state index contributed by atoms with van der Waals surface area (Å²) in [6.45, 7) is 9.37. The van der Waals surface area contributed by atoms with Crippen molar-refractivity contribution >= 4 is 17.7 Å². The molecule has 0 radical (unpaired) electrons. The number of urea groups is 1. The van der Waals surface area contributed by atoms with Crippen molar-refractivity contribution in [2.75, 3.05) is 25.0 Å². The quantitative estimate of drug-likeness (QED) is 0.736. The lowest BCUT2D eigenvalue weighted by atomic mass is 10.0. The average molecular weight is 320 g/mol. The van der Waals surface area contributed by atoms with E-state index in [1.54, 1.807) is 11.8 Å². The van der Waals surface area contributed by atoms with Crippen LogP contribution in [-0.2, 0) is 9.53 Å². The molecule has 0 aliphatic heterocycles. The fourth-order valence-corrected chi connectivity index (χ4v) is 2.20. The Morgan fingerprint density at radius 2 is 1.78 bits per heavy atom. The van der Waals surface area contributed by atoms with Gasteiger partial charge in [0.2, 0.25) is 0 Å². The number of carbonyl (C=O) groups is 2. The molecule has 1 aromatic rings. The maximum atomic E-state index is 12.4. The van der Waals surface area contributed by atoms with Crippen LogP contribution in [0.2, 0.25) is 0 Å². The molecule has 2 amide bonds. The van der Waals surface area contributed by atoms with Gasteiger partial charge < -0.3 is 15.0 Å². The first kappa shape index (κ1) is 19.0. The first-order valence-corrected chi connectivity index (χ1v) is 8.29. The smallest absolute Gasteiger partial charge is 0.321 e. The number of hydrogen-bond donors (Lipinski definition) is 1. The summed E-state index contributed by atoms with van der Waals surface area (Å²) in [5, 5.41) is 2.88. The largest absolute Gasteiger partial charge is 0.466 e. The van der Waals surface area contributed by atoms with Gasteiger partial charge in [-0.1, -0.05) is 32.9 Å². The third-order valence-corrected chi connectivity index (χ3v) is 3.50. The Kier molecular flexibility index (Phi) is 8.16. The van der Waals surface area contributed by atoms with Crippen LogP contribution in [0, 0.1) is 0 Å². The maximum absolute atomic E-state index is 12.4. The van der Waals surface area contributed by atoms with E-state index in [4.69, 9.17) is 4.74 Å². The molecule has 23 heavy (non-hydrogen) atoms. The molecule has 0 spiro atoms. The number of hydrogen-bond acceptors (Lipinski definition) is 3. The van der Waals surface area contributed by atoms with Crippen molar-refractivity contribution in [3.05, 3.63) is 29.8 Å². The molecular formula is C18H28N2O3. The van der Waals surface area contributed by atoms with Gasteiger partial charge in [-0.2, -0.15) is 0 Å². The Morgan fingerprint density at radius 3 is 2.30 bits per heavy atom. The van der Waals surface area contributed by atoms with E-state index in [2.05, 4.69) is 19.2 Å². The van der Waals surface area contributed by atoms with E-state index in [1.807, 2.05) is 31.2 Å². The SMILES string of the molecule is CCCN(CCC(=O)OCC)C(=O)Nc1ccc(C(C)C)cc1. The summed E-state index contributed by atoms with van der Waals surface area (Å²) in [5.74, 6) is 0.184. The minimum Gasteiger partial charge on any atom is -0.466 e. The molecule has 0 saturated carbocycles. The third kappa shape index (κ3) is 6.72. The van der Waals surface area contributed by atoms with E-state index in [9.17, 15) is 9.59 Å². The van der Waals surface area contributed by atoms with Crippen molar-refractivity contribution in [2.24, 2.45) is 0 Å². The third-order valence-electron chi connectivity index (χ3n) is 3.50. The van der Waals surface area contributed by atoms with Crippen molar-refractivity contribution in [3.63, 3.8) is 0 Å². The van der Waals surface area contributed by atoms with Gasteiger partial charge in [0.25, 0.3) is 0 Å². The Hall–Kier alpha value is -2.04. The minimum absolute atomic E-state index is 0.187. The maximum Gasteiger partial charge on any atom is 0.321 e. The lowest BCUT2D eigenvalue weighted by molar-refractivity contribution is -0.143. The van der Waals surface area contributed by atoms with Gasteiger partial charge in [-0.25, -0.2) is 4.79 Å². The Morgan fingerprint density at radius 1 is 1.13 bits per heavy atom.